The number of piperidine rings is 1. The number of ether oxygens (including phenoxy) is 1. The Morgan fingerprint density at radius 2 is 2.29 bits per heavy atom. The van der Waals surface area contributed by atoms with E-state index in [1.54, 1.807) is 0 Å². The lowest BCUT2D eigenvalue weighted by atomic mass is 9.92. The zero-order valence-corrected chi connectivity index (χ0v) is 14.0. The molecule has 2 aliphatic rings. The zero-order chi connectivity index (χ0) is 16.5. The third kappa shape index (κ3) is 3.16. The first kappa shape index (κ1) is 15.6. The van der Waals surface area contributed by atoms with E-state index in [4.69, 9.17) is 4.74 Å². The molecule has 0 radical (unpaired) electrons. The summed E-state index contributed by atoms with van der Waals surface area (Å²) < 4.78 is 5.68. The van der Waals surface area contributed by atoms with Gasteiger partial charge in [0, 0.05) is 24.3 Å². The monoisotopic (exact) mass is 328 g/mol. The molecule has 0 spiro atoms. The van der Waals surface area contributed by atoms with Crippen molar-refractivity contribution in [3.05, 3.63) is 24.0 Å². The van der Waals surface area contributed by atoms with Crippen molar-refractivity contribution in [2.24, 2.45) is 5.92 Å². The summed E-state index contributed by atoms with van der Waals surface area (Å²) >= 11 is 0. The van der Waals surface area contributed by atoms with Crippen molar-refractivity contribution in [2.75, 3.05) is 18.5 Å². The van der Waals surface area contributed by atoms with E-state index in [0.29, 0.717) is 6.04 Å². The van der Waals surface area contributed by atoms with Gasteiger partial charge in [0.05, 0.1) is 11.0 Å². The van der Waals surface area contributed by atoms with E-state index in [1.165, 1.54) is 0 Å². The first-order valence-electron chi connectivity index (χ1n) is 8.84. The minimum absolute atomic E-state index is 0.0756. The van der Waals surface area contributed by atoms with Crippen LogP contribution in [0.2, 0.25) is 0 Å². The summed E-state index contributed by atoms with van der Waals surface area (Å²) in [6.07, 6.45) is 3.95. The van der Waals surface area contributed by atoms with Gasteiger partial charge in [0.15, 0.2) is 0 Å². The number of aromatic nitrogens is 2. The lowest BCUT2D eigenvalue weighted by Crippen LogP contribution is -2.40. The van der Waals surface area contributed by atoms with Crippen LogP contribution in [0.15, 0.2) is 18.2 Å². The highest BCUT2D eigenvalue weighted by Crippen LogP contribution is 2.29. The normalized spacial score (nSPS) is 27.5. The van der Waals surface area contributed by atoms with Crippen LogP contribution in [0.25, 0.3) is 11.0 Å². The average Bonchev–Trinajstić information content (AvgIpc) is 3.23. The molecule has 0 bridgehead atoms. The molecule has 6 nitrogen and oxygen atoms in total. The van der Waals surface area contributed by atoms with Gasteiger partial charge >= 0.3 is 0 Å². The number of nitrogens with zero attached hydrogens (tertiary/aromatic N) is 1. The van der Waals surface area contributed by atoms with Crippen molar-refractivity contribution in [1.29, 1.82) is 0 Å². The average molecular weight is 328 g/mol. The van der Waals surface area contributed by atoms with Crippen molar-refractivity contribution >= 4 is 22.6 Å². The number of carbonyl (C=O) groups is 1. The molecular formula is C18H24N4O2. The third-order valence-electron chi connectivity index (χ3n) is 5.00. The fourth-order valence-corrected chi connectivity index (χ4v) is 3.67. The first-order valence-corrected chi connectivity index (χ1v) is 8.84. The van der Waals surface area contributed by atoms with E-state index in [9.17, 15) is 4.79 Å². The Kier molecular flexibility index (Phi) is 4.24. The van der Waals surface area contributed by atoms with Crippen LogP contribution in [-0.4, -0.2) is 35.1 Å². The van der Waals surface area contributed by atoms with Crippen LogP contribution in [0, 0.1) is 5.92 Å². The molecule has 0 saturated carbocycles. The van der Waals surface area contributed by atoms with Crippen LogP contribution in [0.4, 0.5) is 5.69 Å². The summed E-state index contributed by atoms with van der Waals surface area (Å²) in [7, 11) is 0. The van der Waals surface area contributed by atoms with Crippen LogP contribution in [0.1, 0.15) is 44.5 Å². The molecule has 3 heterocycles. The number of hydrogen-bond donors (Lipinski definition) is 3. The molecule has 1 aromatic heterocycles. The van der Waals surface area contributed by atoms with E-state index < -0.39 is 0 Å². The summed E-state index contributed by atoms with van der Waals surface area (Å²) in [5, 5.41) is 6.44. The number of fused-ring (bicyclic) bond motifs is 1. The molecule has 128 valence electrons. The molecule has 2 saturated heterocycles. The van der Waals surface area contributed by atoms with E-state index >= 15 is 0 Å². The standard InChI is InChI=1S/C18H24N4O2/c1-11-9-12(6-7-19-11)18(23)20-13-4-5-14-15(10-13)22-17(21-14)16-3-2-8-24-16/h4-5,10-12,16,19H,2-3,6-9H2,1H3,(H,20,23)(H,21,22)/t11-,12-,16?/m0/s1. The number of aromatic amines is 1. The van der Waals surface area contributed by atoms with Gasteiger partial charge in [-0.1, -0.05) is 0 Å². The molecule has 2 aliphatic heterocycles. The second-order valence-corrected chi connectivity index (χ2v) is 6.92. The minimum Gasteiger partial charge on any atom is -0.370 e. The summed E-state index contributed by atoms with van der Waals surface area (Å²) in [4.78, 5) is 20.4. The second-order valence-electron chi connectivity index (χ2n) is 6.92. The number of hydrogen-bond acceptors (Lipinski definition) is 4. The fourth-order valence-electron chi connectivity index (χ4n) is 3.67. The number of benzene rings is 1. The van der Waals surface area contributed by atoms with E-state index in [2.05, 4.69) is 27.5 Å². The van der Waals surface area contributed by atoms with Crippen molar-refractivity contribution in [3.8, 4) is 0 Å². The Bertz CT molecular complexity index is 736. The van der Waals surface area contributed by atoms with Crippen LogP contribution < -0.4 is 10.6 Å². The molecule has 6 heteroatoms. The quantitative estimate of drug-likeness (QED) is 0.809. The Labute approximate surface area is 141 Å². The zero-order valence-electron chi connectivity index (χ0n) is 14.0. The lowest BCUT2D eigenvalue weighted by Gasteiger charge is -2.27. The molecular weight excluding hydrogens is 304 g/mol. The highest BCUT2D eigenvalue weighted by atomic mass is 16.5. The summed E-state index contributed by atoms with van der Waals surface area (Å²) in [5.41, 5.74) is 2.67. The Morgan fingerprint density at radius 1 is 1.38 bits per heavy atom. The van der Waals surface area contributed by atoms with Gasteiger partial charge in [-0.3, -0.25) is 4.79 Å². The summed E-state index contributed by atoms with van der Waals surface area (Å²) in [6.45, 7) is 3.84. The maximum absolute atomic E-state index is 12.5. The molecule has 3 atom stereocenters. The van der Waals surface area contributed by atoms with Crippen molar-refractivity contribution in [1.82, 2.24) is 15.3 Å². The summed E-state index contributed by atoms with van der Waals surface area (Å²) in [5.74, 6) is 1.08. The molecule has 1 unspecified atom stereocenters. The van der Waals surface area contributed by atoms with Gasteiger partial charge in [-0.05, 0) is 57.4 Å². The number of amides is 1. The van der Waals surface area contributed by atoms with Gasteiger partial charge in [-0.15, -0.1) is 0 Å². The van der Waals surface area contributed by atoms with Crippen molar-refractivity contribution in [2.45, 2.75) is 44.8 Å². The van der Waals surface area contributed by atoms with Gasteiger partial charge in [-0.2, -0.15) is 0 Å². The van der Waals surface area contributed by atoms with Gasteiger partial charge in [0.25, 0.3) is 0 Å². The predicted octanol–water partition coefficient (Wildman–Crippen LogP) is 2.74. The van der Waals surface area contributed by atoms with Crippen LogP contribution in [0.5, 0.6) is 0 Å². The number of H-pyrrole nitrogens is 1. The molecule has 2 aromatic rings. The number of carbonyl (C=O) groups excluding carboxylic acids is 1. The minimum atomic E-state index is 0.0756. The largest absolute Gasteiger partial charge is 0.370 e. The van der Waals surface area contributed by atoms with Crippen LogP contribution in [0.3, 0.4) is 0 Å². The van der Waals surface area contributed by atoms with Gasteiger partial charge in [-0.25, -0.2) is 4.98 Å². The van der Waals surface area contributed by atoms with Crippen molar-refractivity contribution in [3.63, 3.8) is 0 Å². The predicted molar refractivity (Wildman–Crippen MR) is 92.8 cm³/mol. The third-order valence-corrected chi connectivity index (χ3v) is 5.00. The topological polar surface area (TPSA) is 79.0 Å². The summed E-state index contributed by atoms with van der Waals surface area (Å²) in [6, 6.07) is 6.23. The van der Waals surface area contributed by atoms with Crippen LogP contribution in [-0.2, 0) is 9.53 Å². The lowest BCUT2D eigenvalue weighted by molar-refractivity contribution is -0.120. The molecule has 4 rings (SSSR count). The number of nitrogens with one attached hydrogen (secondary N) is 3. The highest BCUT2D eigenvalue weighted by Gasteiger charge is 2.25. The van der Waals surface area contributed by atoms with E-state index in [-0.39, 0.29) is 17.9 Å². The van der Waals surface area contributed by atoms with Crippen LogP contribution >= 0.6 is 0 Å². The Morgan fingerprint density at radius 3 is 3.08 bits per heavy atom. The van der Waals surface area contributed by atoms with Gasteiger partial charge in [0.2, 0.25) is 5.91 Å². The molecule has 0 aliphatic carbocycles. The maximum atomic E-state index is 12.5. The SMILES string of the molecule is C[C@H]1C[C@@H](C(=O)Nc2ccc3nc(C4CCCO4)[nH]c3c2)CCN1. The molecule has 3 N–H and O–H groups in total. The van der Waals surface area contributed by atoms with Crippen molar-refractivity contribution < 1.29 is 9.53 Å². The maximum Gasteiger partial charge on any atom is 0.227 e. The first-order chi connectivity index (χ1) is 11.7. The van der Waals surface area contributed by atoms with Gasteiger partial charge < -0.3 is 20.4 Å². The van der Waals surface area contributed by atoms with Gasteiger partial charge in [0.1, 0.15) is 11.9 Å². The molecule has 24 heavy (non-hydrogen) atoms. The highest BCUT2D eigenvalue weighted by molar-refractivity contribution is 5.94. The molecule has 1 amide bonds. The smallest absolute Gasteiger partial charge is 0.227 e. The Balaban J connectivity index is 1.49. The van der Waals surface area contributed by atoms with E-state index in [0.717, 1.165) is 61.4 Å². The Hall–Kier alpha value is -1.92. The number of anilines is 1. The number of imidazole rings is 1. The molecule has 1 aromatic carbocycles. The number of rotatable bonds is 3. The second kappa shape index (κ2) is 6.53. The van der Waals surface area contributed by atoms with E-state index in [1.807, 2.05) is 18.2 Å². The fraction of sp³-hybridized carbons (Fsp3) is 0.556. The molecule has 2 fully saturated rings.